The second kappa shape index (κ2) is 10.5. The normalized spacial score (nSPS) is 11.0. The number of aryl methyl sites for hydroxylation is 2. The third-order valence-electron chi connectivity index (χ3n) is 5.19. The topological polar surface area (TPSA) is 112 Å². The Morgan fingerprint density at radius 2 is 1.88 bits per heavy atom. The zero-order valence-electron chi connectivity index (χ0n) is 19.5. The number of anilines is 1. The molecule has 182 valence electrons. The van der Waals surface area contributed by atoms with Crippen LogP contribution in [0.2, 0.25) is 0 Å². The summed E-state index contributed by atoms with van der Waals surface area (Å²) in [6, 6.07) is 9.97. The molecule has 0 radical (unpaired) electrons. The molecule has 3 rings (SSSR count). The molecule has 4 N–H and O–H groups in total. The fourth-order valence-electron chi connectivity index (χ4n) is 3.54. The SMILES string of the molecule is COc1cccc(N(N)C(=O)N(C)N)c1COc1ccc(-c2nn(CC(F)F)cc2C)cc1C. The lowest BCUT2D eigenvalue weighted by Crippen LogP contribution is -2.49. The number of aromatic nitrogens is 2. The van der Waals surface area contributed by atoms with Gasteiger partial charge >= 0.3 is 6.03 Å². The number of benzene rings is 2. The Labute approximate surface area is 196 Å². The largest absolute Gasteiger partial charge is 0.496 e. The molecule has 34 heavy (non-hydrogen) atoms. The first kappa shape index (κ1) is 24.9. The first-order valence-corrected chi connectivity index (χ1v) is 10.4. The number of halogens is 2. The van der Waals surface area contributed by atoms with E-state index in [1.807, 2.05) is 26.0 Å². The van der Waals surface area contributed by atoms with Crippen LogP contribution in [-0.4, -0.2) is 41.4 Å². The number of hydrogen-bond donors (Lipinski definition) is 2. The van der Waals surface area contributed by atoms with E-state index in [4.69, 9.17) is 21.2 Å². The molecule has 3 aromatic rings. The van der Waals surface area contributed by atoms with Crippen molar-refractivity contribution in [1.82, 2.24) is 14.8 Å². The highest BCUT2D eigenvalue weighted by Gasteiger charge is 2.21. The van der Waals surface area contributed by atoms with Crippen molar-refractivity contribution in [2.24, 2.45) is 11.7 Å². The summed E-state index contributed by atoms with van der Waals surface area (Å²) >= 11 is 0. The molecule has 11 heteroatoms. The van der Waals surface area contributed by atoms with E-state index in [2.05, 4.69) is 5.10 Å². The average Bonchev–Trinajstić information content (AvgIpc) is 3.15. The number of hydrogen-bond acceptors (Lipinski definition) is 6. The Hall–Kier alpha value is -3.70. The first-order valence-electron chi connectivity index (χ1n) is 10.4. The molecule has 2 amide bonds. The Kier molecular flexibility index (Phi) is 7.69. The molecule has 0 unspecified atom stereocenters. The summed E-state index contributed by atoms with van der Waals surface area (Å²) in [6.45, 7) is 3.31. The molecule has 0 aliphatic rings. The van der Waals surface area contributed by atoms with Gasteiger partial charge in [-0.25, -0.2) is 30.3 Å². The van der Waals surface area contributed by atoms with E-state index < -0.39 is 19.0 Å². The van der Waals surface area contributed by atoms with Crippen LogP contribution in [0.25, 0.3) is 11.3 Å². The van der Waals surface area contributed by atoms with Gasteiger partial charge in [0, 0.05) is 18.8 Å². The number of rotatable bonds is 8. The molecular formula is C23H28F2N6O3. The van der Waals surface area contributed by atoms with E-state index >= 15 is 0 Å². The summed E-state index contributed by atoms with van der Waals surface area (Å²) in [5.74, 6) is 12.6. The van der Waals surface area contributed by atoms with Gasteiger partial charge in [0.2, 0.25) is 0 Å². The van der Waals surface area contributed by atoms with Gasteiger partial charge in [0.15, 0.2) is 0 Å². The van der Waals surface area contributed by atoms with Crippen molar-refractivity contribution in [3.8, 4) is 22.8 Å². The highest BCUT2D eigenvalue weighted by molar-refractivity contribution is 5.91. The summed E-state index contributed by atoms with van der Waals surface area (Å²) in [4.78, 5) is 12.3. The van der Waals surface area contributed by atoms with Gasteiger partial charge in [0.25, 0.3) is 6.43 Å². The minimum atomic E-state index is -2.48. The molecular weight excluding hydrogens is 446 g/mol. The van der Waals surface area contributed by atoms with Gasteiger partial charge in [-0.3, -0.25) is 9.69 Å². The lowest BCUT2D eigenvalue weighted by atomic mass is 10.1. The molecule has 1 heterocycles. The van der Waals surface area contributed by atoms with Crippen LogP contribution in [0.3, 0.4) is 0 Å². The third kappa shape index (κ3) is 5.43. The van der Waals surface area contributed by atoms with E-state index in [1.54, 1.807) is 30.5 Å². The fourth-order valence-corrected chi connectivity index (χ4v) is 3.54. The molecule has 0 fully saturated rings. The number of nitrogens with two attached hydrogens (primary N) is 2. The fraction of sp³-hybridized carbons (Fsp3) is 0.304. The standard InChI is InChI=1S/C23H28F2N6O3/c1-14-10-16(22-15(2)11-30(28-22)12-21(24)25)8-9-19(14)34-13-17-18(6-5-7-20(17)33-4)31(27)23(32)29(3)26/h5-11,21H,12-13,26-27H2,1-4H3. The number of amides is 2. The molecule has 0 bridgehead atoms. The second-order valence-corrected chi connectivity index (χ2v) is 7.76. The van der Waals surface area contributed by atoms with Gasteiger partial charge in [-0.15, -0.1) is 0 Å². The number of carbonyl (C=O) groups is 1. The van der Waals surface area contributed by atoms with Gasteiger partial charge in [-0.2, -0.15) is 5.10 Å². The van der Waals surface area contributed by atoms with Crippen molar-refractivity contribution in [1.29, 1.82) is 0 Å². The molecule has 0 atom stereocenters. The smallest absolute Gasteiger partial charge is 0.352 e. The van der Waals surface area contributed by atoms with Gasteiger partial charge in [-0.1, -0.05) is 6.07 Å². The molecule has 0 spiro atoms. The van der Waals surface area contributed by atoms with Crippen molar-refractivity contribution in [2.45, 2.75) is 33.4 Å². The Bertz CT molecular complexity index is 1170. The van der Waals surface area contributed by atoms with Crippen molar-refractivity contribution in [3.05, 3.63) is 59.3 Å². The lowest BCUT2D eigenvalue weighted by molar-refractivity contribution is 0.122. The van der Waals surface area contributed by atoms with E-state index in [0.29, 0.717) is 28.4 Å². The van der Waals surface area contributed by atoms with E-state index in [-0.39, 0.29) is 6.61 Å². The summed E-state index contributed by atoms with van der Waals surface area (Å²) in [7, 11) is 2.90. The van der Waals surface area contributed by atoms with Crippen molar-refractivity contribution in [2.75, 3.05) is 19.2 Å². The minimum Gasteiger partial charge on any atom is -0.496 e. The molecule has 9 nitrogen and oxygen atoms in total. The number of hydrazine groups is 2. The van der Waals surface area contributed by atoms with Crippen LogP contribution < -0.4 is 26.2 Å². The van der Waals surface area contributed by atoms with Crippen molar-refractivity contribution in [3.63, 3.8) is 0 Å². The van der Waals surface area contributed by atoms with Gasteiger partial charge in [-0.05, 0) is 55.3 Å². The zero-order valence-corrected chi connectivity index (χ0v) is 19.5. The Balaban J connectivity index is 1.84. The van der Waals surface area contributed by atoms with Crippen molar-refractivity contribution >= 4 is 11.7 Å². The lowest BCUT2D eigenvalue weighted by Gasteiger charge is -2.24. The van der Waals surface area contributed by atoms with Crippen LogP contribution in [0.5, 0.6) is 11.5 Å². The molecule has 0 aliphatic carbocycles. The average molecular weight is 475 g/mol. The highest BCUT2D eigenvalue weighted by Crippen LogP contribution is 2.32. The van der Waals surface area contributed by atoms with Crippen LogP contribution in [0, 0.1) is 13.8 Å². The predicted octanol–water partition coefficient (Wildman–Crippen LogP) is 3.63. The highest BCUT2D eigenvalue weighted by atomic mass is 19.3. The third-order valence-corrected chi connectivity index (χ3v) is 5.19. The number of ether oxygens (including phenoxy) is 2. The van der Waals surface area contributed by atoms with Gasteiger partial charge < -0.3 is 9.47 Å². The van der Waals surface area contributed by atoms with Gasteiger partial charge in [0.1, 0.15) is 24.7 Å². The monoisotopic (exact) mass is 474 g/mol. The maximum absolute atomic E-state index is 12.7. The summed E-state index contributed by atoms with van der Waals surface area (Å²) in [5.41, 5.74) is 3.98. The van der Waals surface area contributed by atoms with Crippen LogP contribution in [0.15, 0.2) is 42.6 Å². The summed E-state index contributed by atoms with van der Waals surface area (Å²) in [6.07, 6.45) is -0.877. The van der Waals surface area contributed by atoms with E-state index in [1.165, 1.54) is 18.8 Å². The Morgan fingerprint density at radius 3 is 2.50 bits per heavy atom. The van der Waals surface area contributed by atoms with Crippen molar-refractivity contribution < 1.29 is 23.0 Å². The summed E-state index contributed by atoms with van der Waals surface area (Å²) in [5, 5.41) is 6.08. The number of alkyl halides is 2. The number of urea groups is 1. The van der Waals surface area contributed by atoms with Crippen LogP contribution >= 0.6 is 0 Å². The Morgan fingerprint density at radius 1 is 1.15 bits per heavy atom. The predicted molar refractivity (Wildman–Crippen MR) is 124 cm³/mol. The van der Waals surface area contributed by atoms with E-state index in [9.17, 15) is 13.6 Å². The molecule has 1 aromatic heterocycles. The molecule has 0 aliphatic heterocycles. The zero-order chi connectivity index (χ0) is 25.0. The summed E-state index contributed by atoms with van der Waals surface area (Å²) < 4.78 is 38.1. The molecule has 0 saturated carbocycles. The number of carbonyl (C=O) groups excluding carboxylic acids is 1. The molecule has 2 aromatic carbocycles. The van der Waals surface area contributed by atoms with Crippen LogP contribution in [-0.2, 0) is 13.2 Å². The van der Waals surface area contributed by atoms with E-state index in [0.717, 1.165) is 26.7 Å². The quantitative estimate of drug-likeness (QED) is 0.293. The minimum absolute atomic E-state index is 0.0663. The number of methoxy groups -OCH3 is 1. The maximum atomic E-state index is 12.7. The maximum Gasteiger partial charge on any atom is 0.352 e. The van der Waals surface area contributed by atoms with Crippen LogP contribution in [0.4, 0.5) is 19.3 Å². The molecule has 0 saturated heterocycles. The second-order valence-electron chi connectivity index (χ2n) is 7.76. The number of nitrogens with zero attached hydrogens (tertiary/aromatic N) is 4. The van der Waals surface area contributed by atoms with Gasteiger partial charge in [0.05, 0.1) is 24.1 Å². The first-order chi connectivity index (χ1) is 16.1. The van der Waals surface area contributed by atoms with Crippen LogP contribution in [0.1, 0.15) is 16.7 Å².